The van der Waals surface area contributed by atoms with Gasteiger partial charge in [-0.05, 0) is 31.0 Å². The molecule has 0 bridgehead atoms. The molecule has 106 valence electrons. The van der Waals surface area contributed by atoms with Crippen LogP contribution < -0.4 is 15.5 Å². The van der Waals surface area contributed by atoms with Crippen LogP contribution in [0.5, 0.6) is 0 Å². The average Bonchev–Trinajstić information content (AvgIpc) is 2.36. The van der Waals surface area contributed by atoms with Gasteiger partial charge in [-0.2, -0.15) is 0 Å². The molecule has 19 heavy (non-hydrogen) atoms. The van der Waals surface area contributed by atoms with Gasteiger partial charge in [-0.1, -0.05) is 12.1 Å². The number of hydrogen-bond donors (Lipinski definition) is 3. The Kier molecular flexibility index (Phi) is 6.15. The van der Waals surface area contributed by atoms with Crippen LogP contribution in [-0.4, -0.2) is 37.9 Å². The molecule has 0 aliphatic rings. The van der Waals surface area contributed by atoms with Crippen LogP contribution in [0.2, 0.25) is 0 Å². The first kappa shape index (κ1) is 15.3. The van der Waals surface area contributed by atoms with Crippen molar-refractivity contribution < 1.29 is 9.90 Å². The third-order valence-electron chi connectivity index (χ3n) is 2.73. The highest BCUT2D eigenvalue weighted by atomic mass is 16.3. The zero-order chi connectivity index (χ0) is 14.3. The molecule has 0 spiro atoms. The lowest BCUT2D eigenvalue weighted by molar-refractivity contribution is 0.183. The number of benzene rings is 1. The molecule has 0 fully saturated rings. The molecule has 1 aromatic rings. The first-order chi connectivity index (χ1) is 8.99. The molecule has 2 amide bonds. The number of amides is 2. The molecular formula is C14H23N3O2. The van der Waals surface area contributed by atoms with E-state index < -0.39 is 6.10 Å². The van der Waals surface area contributed by atoms with Crippen LogP contribution in [0.25, 0.3) is 0 Å². The van der Waals surface area contributed by atoms with Crippen molar-refractivity contribution in [1.29, 1.82) is 0 Å². The predicted molar refractivity (Wildman–Crippen MR) is 77.3 cm³/mol. The summed E-state index contributed by atoms with van der Waals surface area (Å²) >= 11 is 0. The number of aliphatic hydroxyl groups excluding tert-OH is 1. The minimum Gasteiger partial charge on any atom is -0.393 e. The van der Waals surface area contributed by atoms with Gasteiger partial charge >= 0.3 is 6.03 Å². The highest BCUT2D eigenvalue weighted by molar-refractivity contribution is 5.73. The van der Waals surface area contributed by atoms with Gasteiger partial charge in [0.25, 0.3) is 0 Å². The Morgan fingerprint density at radius 1 is 1.37 bits per heavy atom. The first-order valence-corrected chi connectivity index (χ1v) is 6.45. The van der Waals surface area contributed by atoms with Crippen LogP contribution in [0.3, 0.4) is 0 Å². The zero-order valence-corrected chi connectivity index (χ0v) is 11.8. The highest BCUT2D eigenvalue weighted by Gasteiger charge is 2.02. The molecule has 0 aliphatic carbocycles. The molecular weight excluding hydrogens is 242 g/mol. The van der Waals surface area contributed by atoms with E-state index in [9.17, 15) is 4.79 Å². The van der Waals surface area contributed by atoms with Crippen molar-refractivity contribution in [3.8, 4) is 0 Å². The minimum atomic E-state index is -0.392. The number of carbonyl (C=O) groups is 1. The Morgan fingerprint density at radius 3 is 2.74 bits per heavy atom. The summed E-state index contributed by atoms with van der Waals surface area (Å²) in [7, 11) is 3.96. The van der Waals surface area contributed by atoms with Gasteiger partial charge in [0.2, 0.25) is 0 Å². The number of anilines is 1. The van der Waals surface area contributed by atoms with Gasteiger partial charge in [0.15, 0.2) is 0 Å². The molecule has 0 aliphatic heterocycles. The Bertz CT molecular complexity index is 405. The maximum absolute atomic E-state index is 11.5. The quantitative estimate of drug-likeness (QED) is 0.727. The van der Waals surface area contributed by atoms with Crippen LogP contribution in [0, 0.1) is 0 Å². The monoisotopic (exact) mass is 265 g/mol. The molecule has 3 N–H and O–H groups in total. The lowest BCUT2D eigenvalue weighted by atomic mass is 10.2. The third-order valence-corrected chi connectivity index (χ3v) is 2.73. The average molecular weight is 265 g/mol. The number of rotatable bonds is 6. The zero-order valence-electron chi connectivity index (χ0n) is 11.8. The maximum atomic E-state index is 11.5. The summed E-state index contributed by atoms with van der Waals surface area (Å²) in [5, 5.41) is 14.6. The van der Waals surface area contributed by atoms with E-state index in [-0.39, 0.29) is 6.03 Å². The third kappa shape index (κ3) is 6.10. The van der Waals surface area contributed by atoms with E-state index in [4.69, 9.17) is 5.11 Å². The molecule has 0 saturated heterocycles. The Morgan fingerprint density at radius 2 is 2.11 bits per heavy atom. The molecule has 1 aromatic carbocycles. The van der Waals surface area contributed by atoms with Crippen LogP contribution >= 0.6 is 0 Å². The van der Waals surface area contributed by atoms with E-state index in [0.717, 1.165) is 11.3 Å². The number of hydrogen-bond acceptors (Lipinski definition) is 3. The van der Waals surface area contributed by atoms with Crippen molar-refractivity contribution in [2.24, 2.45) is 0 Å². The number of nitrogens with one attached hydrogen (secondary N) is 2. The number of nitrogens with zero attached hydrogens (tertiary/aromatic N) is 1. The number of carbonyl (C=O) groups excluding carboxylic acids is 1. The normalized spacial score (nSPS) is 11.8. The van der Waals surface area contributed by atoms with Crippen LogP contribution in [-0.2, 0) is 6.54 Å². The summed E-state index contributed by atoms with van der Waals surface area (Å²) in [6.07, 6.45) is 0.167. The van der Waals surface area contributed by atoms with Gasteiger partial charge in [-0.15, -0.1) is 0 Å². The van der Waals surface area contributed by atoms with Crippen molar-refractivity contribution in [2.75, 3.05) is 25.5 Å². The second kappa shape index (κ2) is 7.63. The molecule has 1 rings (SSSR count). The molecule has 1 atom stereocenters. The van der Waals surface area contributed by atoms with Crippen molar-refractivity contribution in [3.63, 3.8) is 0 Å². The largest absolute Gasteiger partial charge is 0.393 e. The number of urea groups is 1. The molecule has 1 unspecified atom stereocenters. The van der Waals surface area contributed by atoms with E-state index in [0.29, 0.717) is 19.5 Å². The van der Waals surface area contributed by atoms with Gasteiger partial charge in [-0.3, -0.25) is 0 Å². The summed E-state index contributed by atoms with van der Waals surface area (Å²) in [5.41, 5.74) is 2.16. The summed E-state index contributed by atoms with van der Waals surface area (Å²) in [6.45, 7) is 2.66. The lowest BCUT2D eigenvalue weighted by Gasteiger charge is -2.14. The smallest absolute Gasteiger partial charge is 0.315 e. The first-order valence-electron chi connectivity index (χ1n) is 6.45. The van der Waals surface area contributed by atoms with Crippen molar-refractivity contribution in [3.05, 3.63) is 29.8 Å². The second-order valence-corrected chi connectivity index (χ2v) is 4.81. The molecule has 0 saturated carbocycles. The minimum absolute atomic E-state index is 0.212. The lowest BCUT2D eigenvalue weighted by Crippen LogP contribution is -2.36. The van der Waals surface area contributed by atoms with Gasteiger partial charge in [0, 0.05) is 32.9 Å². The van der Waals surface area contributed by atoms with E-state index in [1.807, 2.05) is 43.3 Å². The number of aliphatic hydroxyl groups is 1. The fraction of sp³-hybridized carbons (Fsp3) is 0.500. The Labute approximate surface area is 114 Å². The molecule has 0 radical (unpaired) electrons. The Hall–Kier alpha value is -1.75. The molecule has 5 nitrogen and oxygen atoms in total. The van der Waals surface area contributed by atoms with Gasteiger partial charge < -0.3 is 20.6 Å². The summed E-state index contributed by atoms with van der Waals surface area (Å²) in [5.74, 6) is 0. The SMILES string of the molecule is CC(O)CCNC(=O)NCc1cccc(N(C)C)c1. The fourth-order valence-electron chi connectivity index (χ4n) is 1.58. The Balaban J connectivity index is 2.35. The van der Waals surface area contributed by atoms with Crippen molar-refractivity contribution in [1.82, 2.24) is 10.6 Å². The summed E-state index contributed by atoms with van der Waals surface area (Å²) in [4.78, 5) is 13.5. The van der Waals surface area contributed by atoms with Crippen LogP contribution in [0.15, 0.2) is 24.3 Å². The van der Waals surface area contributed by atoms with E-state index in [2.05, 4.69) is 10.6 Å². The van der Waals surface area contributed by atoms with Crippen LogP contribution in [0.4, 0.5) is 10.5 Å². The molecule has 0 heterocycles. The predicted octanol–water partition coefficient (Wildman–Crippen LogP) is 1.32. The summed E-state index contributed by atoms with van der Waals surface area (Å²) in [6, 6.07) is 7.79. The van der Waals surface area contributed by atoms with Crippen molar-refractivity contribution >= 4 is 11.7 Å². The molecule has 5 heteroatoms. The standard InChI is InChI=1S/C14H23N3O2/c1-11(18)7-8-15-14(19)16-10-12-5-4-6-13(9-12)17(2)3/h4-6,9,11,18H,7-8,10H2,1-3H3,(H2,15,16,19). The molecule has 0 aromatic heterocycles. The van der Waals surface area contributed by atoms with E-state index in [1.165, 1.54) is 0 Å². The summed E-state index contributed by atoms with van der Waals surface area (Å²) < 4.78 is 0. The van der Waals surface area contributed by atoms with Gasteiger partial charge in [0.1, 0.15) is 0 Å². The van der Waals surface area contributed by atoms with Gasteiger partial charge in [0.05, 0.1) is 6.10 Å². The van der Waals surface area contributed by atoms with Crippen LogP contribution in [0.1, 0.15) is 18.9 Å². The highest BCUT2D eigenvalue weighted by Crippen LogP contribution is 2.12. The van der Waals surface area contributed by atoms with Crippen molar-refractivity contribution in [2.45, 2.75) is 26.0 Å². The second-order valence-electron chi connectivity index (χ2n) is 4.81. The van der Waals surface area contributed by atoms with Gasteiger partial charge in [-0.25, -0.2) is 4.79 Å². The topological polar surface area (TPSA) is 64.6 Å². The van der Waals surface area contributed by atoms with E-state index in [1.54, 1.807) is 6.92 Å². The maximum Gasteiger partial charge on any atom is 0.315 e. The van der Waals surface area contributed by atoms with E-state index >= 15 is 0 Å². The fourth-order valence-corrected chi connectivity index (χ4v) is 1.58.